The van der Waals surface area contributed by atoms with Crippen molar-refractivity contribution in [3.63, 3.8) is 0 Å². The number of aryl methyl sites for hydroxylation is 1. The second-order valence-electron chi connectivity index (χ2n) is 7.94. The first kappa shape index (κ1) is 20.6. The van der Waals surface area contributed by atoms with Gasteiger partial charge in [0, 0.05) is 31.0 Å². The number of thiazole rings is 1. The van der Waals surface area contributed by atoms with Gasteiger partial charge in [0.1, 0.15) is 16.6 Å². The van der Waals surface area contributed by atoms with E-state index in [1.54, 1.807) is 28.7 Å². The average Bonchev–Trinajstić information content (AvgIpc) is 3.21. The molecule has 0 saturated carbocycles. The van der Waals surface area contributed by atoms with Crippen LogP contribution in [0.4, 0.5) is 13.8 Å². The Morgan fingerprint density at radius 2 is 1.50 bits per heavy atom. The molecule has 2 aromatic carbocycles. The Bertz CT molecular complexity index is 1310. The molecule has 1 saturated heterocycles. The van der Waals surface area contributed by atoms with Crippen LogP contribution in [0, 0.1) is 18.6 Å². The van der Waals surface area contributed by atoms with E-state index in [-0.39, 0.29) is 17.2 Å². The SMILES string of the molecule is Cc1cc(=O)n2cc(N3CCC(=C(c4ccc(F)cc4)c4ccc(F)cc4)CC3)sc2n1. The summed E-state index contributed by atoms with van der Waals surface area (Å²) < 4.78 is 28.7. The molecular formula is C25H21F2N3OS. The lowest BCUT2D eigenvalue weighted by molar-refractivity contribution is 0.627. The summed E-state index contributed by atoms with van der Waals surface area (Å²) in [5.74, 6) is -0.563. The predicted molar refractivity (Wildman–Crippen MR) is 124 cm³/mol. The van der Waals surface area contributed by atoms with Crippen LogP contribution in [0.15, 0.2) is 71.2 Å². The van der Waals surface area contributed by atoms with Gasteiger partial charge in [-0.3, -0.25) is 9.20 Å². The number of aromatic nitrogens is 2. The first-order chi connectivity index (χ1) is 15.5. The molecule has 0 aliphatic carbocycles. The smallest absolute Gasteiger partial charge is 0.258 e. The molecule has 2 aromatic heterocycles. The highest BCUT2D eigenvalue weighted by molar-refractivity contribution is 7.20. The van der Waals surface area contributed by atoms with E-state index in [4.69, 9.17) is 0 Å². The maximum Gasteiger partial charge on any atom is 0.258 e. The second-order valence-corrected chi connectivity index (χ2v) is 8.92. The Balaban J connectivity index is 1.47. The lowest BCUT2D eigenvalue weighted by atomic mass is 9.88. The van der Waals surface area contributed by atoms with Crippen LogP contribution >= 0.6 is 11.3 Å². The van der Waals surface area contributed by atoms with Gasteiger partial charge in [0.25, 0.3) is 5.56 Å². The number of hydrogen-bond acceptors (Lipinski definition) is 4. The van der Waals surface area contributed by atoms with Crippen molar-refractivity contribution in [2.24, 2.45) is 0 Å². The molecule has 7 heteroatoms. The molecule has 5 rings (SSSR count). The molecule has 3 heterocycles. The minimum Gasteiger partial charge on any atom is -0.361 e. The summed E-state index contributed by atoms with van der Waals surface area (Å²) in [5, 5.41) is 1.02. The number of benzene rings is 2. The summed E-state index contributed by atoms with van der Waals surface area (Å²) in [6, 6.07) is 14.5. The molecule has 0 radical (unpaired) electrons. The summed E-state index contributed by atoms with van der Waals surface area (Å²) in [5.41, 5.74) is 4.79. The molecule has 0 spiro atoms. The number of fused-ring (bicyclic) bond motifs is 1. The first-order valence-electron chi connectivity index (χ1n) is 10.5. The lowest BCUT2D eigenvalue weighted by Gasteiger charge is -2.30. The molecule has 1 aliphatic rings. The van der Waals surface area contributed by atoms with Gasteiger partial charge in [-0.15, -0.1) is 0 Å². The van der Waals surface area contributed by atoms with E-state index >= 15 is 0 Å². The zero-order chi connectivity index (χ0) is 22.2. The van der Waals surface area contributed by atoms with E-state index in [1.165, 1.54) is 47.2 Å². The lowest BCUT2D eigenvalue weighted by Crippen LogP contribution is -2.30. The number of anilines is 1. The van der Waals surface area contributed by atoms with Crippen LogP contribution in [0.5, 0.6) is 0 Å². The maximum absolute atomic E-state index is 13.5. The normalized spacial score (nSPS) is 14.2. The fraction of sp³-hybridized carbons (Fsp3) is 0.200. The fourth-order valence-corrected chi connectivity index (χ4v) is 5.29. The summed E-state index contributed by atoms with van der Waals surface area (Å²) >= 11 is 1.52. The zero-order valence-electron chi connectivity index (χ0n) is 17.5. The van der Waals surface area contributed by atoms with E-state index in [0.717, 1.165) is 53.3 Å². The standard InChI is InChI=1S/C25H21F2N3OS/c1-16-14-22(31)30-15-23(32-25(30)28-16)29-12-10-19(11-13-29)24(17-2-6-20(26)7-3-17)18-4-8-21(27)9-5-18/h2-9,14-15H,10-13H2,1H3. The minimum absolute atomic E-state index is 0.0671. The van der Waals surface area contributed by atoms with Crippen LogP contribution < -0.4 is 10.5 Å². The molecule has 0 bridgehead atoms. The van der Waals surface area contributed by atoms with Gasteiger partial charge in [0.05, 0.1) is 0 Å². The molecule has 4 nitrogen and oxygen atoms in total. The van der Waals surface area contributed by atoms with Gasteiger partial charge in [0.15, 0.2) is 4.96 Å². The summed E-state index contributed by atoms with van der Waals surface area (Å²) in [7, 11) is 0. The molecule has 0 N–H and O–H groups in total. The van der Waals surface area contributed by atoms with Crippen LogP contribution in [0.3, 0.4) is 0 Å². The van der Waals surface area contributed by atoms with Crippen molar-refractivity contribution < 1.29 is 8.78 Å². The first-order valence-corrected chi connectivity index (χ1v) is 11.3. The summed E-state index contributed by atoms with van der Waals surface area (Å²) in [6.45, 7) is 3.41. The van der Waals surface area contributed by atoms with Gasteiger partial charge in [-0.05, 0) is 60.7 Å². The van der Waals surface area contributed by atoms with E-state index in [0.29, 0.717) is 4.96 Å². The predicted octanol–water partition coefficient (Wildman–Crippen LogP) is 5.44. The molecule has 4 aromatic rings. The van der Waals surface area contributed by atoms with E-state index in [1.807, 2.05) is 13.1 Å². The molecule has 32 heavy (non-hydrogen) atoms. The average molecular weight is 450 g/mol. The van der Waals surface area contributed by atoms with Gasteiger partial charge in [-0.2, -0.15) is 0 Å². The van der Waals surface area contributed by atoms with Crippen molar-refractivity contribution in [1.29, 1.82) is 0 Å². The van der Waals surface area contributed by atoms with E-state index in [9.17, 15) is 13.6 Å². The van der Waals surface area contributed by atoms with Crippen LogP contribution in [-0.4, -0.2) is 22.5 Å². The van der Waals surface area contributed by atoms with Crippen LogP contribution in [0.25, 0.3) is 10.5 Å². The molecule has 162 valence electrons. The summed E-state index contributed by atoms with van der Waals surface area (Å²) in [6.07, 6.45) is 3.50. The topological polar surface area (TPSA) is 37.6 Å². The highest BCUT2D eigenvalue weighted by Crippen LogP contribution is 2.35. The largest absolute Gasteiger partial charge is 0.361 e. The van der Waals surface area contributed by atoms with Crippen molar-refractivity contribution in [2.45, 2.75) is 19.8 Å². The maximum atomic E-state index is 13.5. The molecule has 0 atom stereocenters. The molecule has 0 unspecified atom stereocenters. The number of halogens is 2. The van der Waals surface area contributed by atoms with Gasteiger partial charge in [-0.1, -0.05) is 41.2 Å². The van der Waals surface area contributed by atoms with Crippen LogP contribution in [-0.2, 0) is 0 Å². The van der Waals surface area contributed by atoms with Gasteiger partial charge in [0.2, 0.25) is 0 Å². The number of piperidine rings is 1. The highest BCUT2D eigenvalue weighted by atomic mass is 32.1. The molecule has 1 fully saturated rings. The van der Waals surface area contributed by atoms with Crippen molar-refractivity contribution in [3.05, 3.63) is 105 Å². The fourth-order valence-electron chi connectivity index (χ4n) is 4.20. The van der Waals surface area contributed by atoms with Crippen molar-refractivity contribution in [3.8, 4) is 0 Å². The van der Waals surface area contributed by atoms with Crippen molar-refractivity contribution in [2.75, 3.05) is 18.0 Å². The Kier molecular flexibility index (Phi) is 5.35. The Morgan fingerprint density at radius 3 is 2.06 bits per heavy atom. The Hall–Kier alpha value is -3.32. The number of hydrogen-bond donors (Lipinski definition) is 0. The van der Waals surface area contributed by atoms with E-state index < -0.39 is 0 Å². The van der Waals surface area contributed by atoms with Crippen LogP contribution in [0.2, 0.25) is 0 Å². The monoisotopic (exact) mass is 449 g/mol. The third-order valence-electron chi connectivity index (χ3n) is 5.78. The zero-order valence-corrected chi connectivity index (χ0v) is 18.3. The molecular weight excluding hydrogens is 428 g/mol. The Morgan fingerprint density at radius 1 is 0.938 bits per heavy atom. The minimum atomic E-state index is -0.282. The van der Waals surface area contributed by atoms with Crippen LogP contribution in [0.1, 0.15) is 29.7 Å². The number of nitrogens with zero attached hydrogens (tertiary/aromatic N) is 3. The second kappa shape index (κ2) is 8.31. The van der Waals surface area contributed by atoms with Crippen molar-refractivity contribution >= 4 is 26.9 Å². The molecule has 0 amide bonds. The van der Waals surface area contributed by atoms with Gasteiger partial charge in [-0.25, -0.2) is 13.8 Å². The molecule has 1 aliphatic heterocycles. The van der Waals surface area contributed by atoms with Gasteiger partial charge >= 0.3 is 0 Å². The highest BCUT2D eigenvalue weighted by Gasteiger charge is 2.21. The summed E-state index contributed by atoms with van der Waals surface area (Å²) in [4.78, 5) is 19.7. The van der Waals surface area contributed by atoms with Gasteiger partial charge < -0.3 is 4.90 Å². The third-order valence-corrected chi connectivity index (χ3v) is 6.82. The van der Waals surface area contributed by atoms with Crippen molar-refractivity contribution in [1.82, 2.24) is 9.38 Å². The quantitative estimate of drug-likeness (QED) is 0.418. The Labute approximate surface area is 188 Å². The number of rotatable bonds is 3. The van der Waals surface area contributed by atoms with E-state index in [2.05, 4.69) is 9.88 Å². The third kappa shape index (κ3) is 3.96.